The van der Waals surface area contributed by atoms with Crippen LogP contribution >= 0.6 is 0 Å². The van der Waals surface area contributed by atoms with E-state index in [9.17, 15) is 14.7 Å². The van der Waals surface area contributed by atoms with Gasteiger partial charge in [-0.2, -0.15) is 0 Å². The largest absolute Gasteiger partial charge is 0.497 e. The number of methoxy groups -OCH3 is 1. The summed E-state index contributed by atoms with van der Waals surface area (Å²) in [6.45, 7) is 1.56. The molecule has 0 radical (unpaired) electrons. The summed E-state index contributed by atoms with van der Waals surface area (Å²) in [5, 5.41) is 13.1. The fraction of sp³-hybridized carbons (Fsp3) is 0.273. The van der Waals surface area contributed by atoms with Gasteiger partial charge in [0.2, 0.25) is 11.8 Å². The van der Waals surface area contributed by atoms with Crippen molar-refractivity contribution in [2.45, 2.75) is 25.5 Å². The first kappa shape index (κ1) is 19.6. The van der Waals surface area contributed by atoms with Gasteiger partial charge in [0.15, 0.2) is 0 Å². The Balaban J connectivity index is 1.66. The van der Waals surface area contributed by atoms with Gasteiger partial charge in [0.05, 0.1) is 25.7 Å². The van der Waals surface area contributed by atoms with Gasteiger partial charge in [0.25, 0.3) is 0 Å². The normalized spacial score (nSPS) is 16.2. The van der Waals surface area contributed by atoms with Crippen LogP contribution in [0, 0.1) is 0 Å². The highest BCUT2D eigenvalue weighted by Gasteiger charge is 2.28. The van der Waals surface area contributed by atoms with Gasteiger partial charge < -0.3 is 20.1 Å². The summed E-state index contributed by atoms with van der Waals surface area (Å²) in [6, 6.07) is 14.4. The Morgan fingerprint density at radius 3 is 2.75 bits per heavy atom. The van der Waals surface area contributed by atoms with E-state index in [1.54, 1.807) is 42.5 Å². The summed E-state index contributed by atoms with van der Waals surface area (Å²) in [5.41, 5.74) is 2.59. The molecular weight excluding hydrogens is 356 g/mol. The molecule has 2 aromatic rings. The summed E-state index contributed by atoms with van der Waals surface area (Å²) in [5.74, 6) is 0.286. The molecular formula is C22H24N2O4. The fourth-order valence-corrected chi connectivity index (χ4v) is 3.34. The third kappa shape index (κ3) is 4.40. The molecule has 2 atom stereocenters. The van der Waals surface area contributed by atoms with Gasteiger partial charge >= 0.3 is 0 Å². The van der Waals surface area contributed by atoms with E-state index in [1.165, 1.54) is 6.92 Å². The number of nitrogens with zero attached hydrogens (tertiary/aromatic N) is 1. The van der Waals surface area contributed by atoms with Crippen molar-refractivity contribution in [1.29, 1.82) is 0 Å². The fourth-order valence-electron chi connectivity index (χ4n) is 3.34. The average molecular weight is 380 g/mol. The van der Waals surface area contributed by atoms with Crippen LogP contribution in [0.5, 0.6) is 5.75 Å². The number of ether oxygens (including phenoxy) is 1. The molecule has 1 heterocycles. The lowest BCUT2D eigenvalue weighted by atomic mass is 9.93. The first-order chi connectivity index (χ1) is 13.5. The minimum Gasteiger partial charge on any atom is -0.497 e. The number of rotatable bonds is 6. The van der Waals surface area contributed by atoms with Crippen molar-refractivity contribution in [3.63, 3.8) is 0 Å². The van der Waals surface area contributed by atoms with Gasteiger partial charge in [-0.25, -0.2) is 0 Å². The SMILES string of the molecule is COc1cccc(C(O)CNC(=O)CC2c3ccccc3C=CN2C(C)=O)c1. The molecule has 2 unspecified atom stereocenters. The van der Waals surface area contributed by atoms with Crippen molar-refractivity contribution in [3.8, 4) is 5.75 Å². The Kier molecular flexibility index (Phi) is 6.11. The van der Waals surface area contributed by atoms with Crippen LogP contribution in [0.2, 0.25) is 0 Å². The summed E-state index contributed by atoms with van der Waals surface area (Å²) in [6.07, 6.45) is 2.86. The molecule has 6 heteroatoms. The van der Waals surface area contributed by atoms with Crippen LogP contribution in [0.3, 0.4) is 0 Å². The number of aliphatic hydroxyl groups excluding tert-OH is 1. The van der Waals surface area contributed by atoms with E-state index in [-0.39, 0.29) is 30.8 Å². The number of benzene rings is 2. The van der Waals surface area contributed by atoms with Crippen LogP contribution < -0.4 is 10.1 Å². The number of nitrogens with one attached hydrogen (secondary N) is 1. The van der Waals surface area contributed by atoms with Crippen molar-refractivity contribution in [1.82, 2.24) is 10.2 Å². The summed E-state index contributed by atoms with van der Waals surface area (Å²) >= 11 is 0. The Morgan fingerprint density at radius 2 is 2.00 bits per heavy atom. The second-order valence-corrected chi connectivity index (χ2v) is 6.69. The number of hydrogen-bond donors (Lipinski definition) is 2. The maximum atomic E-state index is 12.5. The van der Waals surface area contributed by atoms with Gasteiger partial charge in [0, 0.05) is 19.7 Å². The third-order valence-electron chi connectivity index (χ3n) is 4.82. The Morgan fingerprint density at radius 1 is 1.21 bits per heavy atom. The lowest BCUT2D eigenvalue weighted by molar-refractivity contribution is -0.130. The first-order valence-electron chi connectivity index (χ1n) is 9.14. The average Bonchev–Trinajstić information content (AvgIpc) is 2.72. The number of aliphatic hydroxyl groups is 1. The highest BCUT2D eigenvalue weighted by Crippen LogP contribution is 2.32. The Bertz CT molecular complexity index is 894. The van der Waals surface area contributed by atoms with Crippen LogP contribution in [0.15, 0.2) is 54.7 Å². The van der Waals surface area contributed by atoms with Crippen LogP contribution in [0.1, 0.15) is 42.2 Å². The van der Waals surface area contributed by atoms with E-state index in [1.807, 2.05) is 30.3 Å². The van der Waals surface area contributed by atoms with Crippen molar-refractivity contribution in [2.75, 3.05) is 13.7 Å². The van der Waals surface area contributed by atoms with E-state index in [0.717, 1.165) is 11.1 Å². The van der Waals surface area contributed by atoms with E-state index in [0.29, 0.717) is 11.3 Å². The predicted octanol–water partition coefficient (Wildman–Crippen LogP) is 2.81. The molecule has 0 aromatic heterocycles. The van der Waals surface area contributed by atoms with Gasteiger partial charge in [-0.05, 0) is 34.9 Å². The highest BCUT2D eigenvalue weighted by atomic mass is 16.5. The van der Waals surface area contributed by atoms with Gasteiger partial charge in [0.1, 0.15) is 5.75 Å². The second kappa shape index (κ2) is 8.71. The minimum absolute atomic E-state index is 0.0796. The summed E-state index contributed by atoms with van der Waals surface area (Å²) in [7, 11) is 1.56. The maximum absolute atomic E-state index is 12.5. The van der Waals surface area contributed by atoms with E-state index >= 15 is 0 Å². The van der Waals surface area contributed by atoms with Crippen LogP contribution in [-0.4, -0.2) is 35.5 Å². The monoisotopic (exact) mass is 380 g/mol. The molecule has 2 N–H and O–H groups in total. The molecule has 2 aromatic carbocycles. The van der Waals surface area contributed by atoms with Gasteiger partial charge in [-0.3, -0.25) is 9.59 Å². The number of amides is 2. The molecule has 1 aliphatic heterocycles. The van der Waals surface area contributed by atoms with E-state index in [4.69, 9.17) is 4.74 Å². The zero-order valence-electron chi connectivity index (χ0n) is 16.0. The lowest BCUT2D eigenvalue weighted by Crippen LogP contribution is -2.36. The molecule has 3 rings (SSSR count). The van der Waals surface area contributed by atoms with Crippen LogP contribution in [-0.2, 0) is 9.59 Å². The summed E-state index contributed by atoms with van der Waals surface area (Å²) in [4.78, 5) is 26.1. The molecule has 0 bridgehead atoms. The Hall–Kier alpha value is -3.12. The minimum atomic E-state index is -0.846. The van der Waals surface area contributed by atoms with Gasteiger partial charge in [-0.1, -0.05) is 36.4 Å². The number of carbonyl (C=O) groups excluding carboxylic acids is 2. The molecule has 0 spiro atoms. The molecule has 28 heavy (non-hydrogen) atoms. The van der Waals surface area contributed by atoms with E-state index < -0.39 is 6.10 Å². The highest BCUT2D eigenvalue weighted by molar-refractivity contribution is 5.81. The molecule has 0 saturated carbocycles. The van der Waals surface area contributed by atoms with Crippen molar-refractivity contribution >= 4 is 17.9 Å². The van der Waals surface area contributed by atoms with Crippen molar-refractivity contribution < 1.29 is 19.4 Å². The maximum Gasteiger partial charge on any atom is 0.223 e. The number of fused-ring (bicyclic) bond motifs is 1. The van der Waals surface area contributed by atoms with Crippen molar-refractivity contribution in [2.24, 2.45) is 0 Å². The van der Waals surface area contributed by atoms with Crippen LogP contribution in [0.4, 0.5) is 0 Å². The topological polar surface area (TPSA) is 78.9 Å². The Labute approximate surface area is 164 Å². The predicted molar refractivity (Wildman–Crippen MR) is 106 cm³/mol. The molecule has 0 aliphatic carbocycles. The molecule has 0 saturated heterocycles. The zero-order valence-corrected chi connectivity index (χ0v) is 16.0. The first-order valence-corrected chi connectivity index (χ1v) is 9.14. The number of carbonyl (C=O) groups is 2. The standard InChI is InChI=1S/C22H24N2O4/c1-15(25)24-11-10-16-6-3-4-9-19(16)20(24)13-22(27)23-14-21(26)17-7-5-8-18(12-17)28-2/h3-12,20-21,26H,13-14H2,1-2H3,(H,23,27). The molecule has 146 valence electrons. The summed E-state index contributed by atoms with van der Waals surface area (Å²) < 4.78 is 5.16. The van der Waals surface area contributed by atoms with Crippen molar-refractivity contribution in [3.05, 3.63) is 71.4 Å². The lowest BCUT2D eigenvalue weighted by Gasteiger charge is -2.32. The quantitative estimate of drug-likeness (QED) is 0.808. The molecule has 6 nitrogen and oxygen atoms in total. The smallest absolute Gasteiger partial charge is 0.223 e. The zero-order chi connectivity index (χ0) is 20.1. The molecule has 2 amide bonds. The van der Waals surface area contributed by atoms with E-state index in [2.05, 4.69) is 5.32 Å². The molecule has 1 aliphatic rings. The molecule has 0 fully saturated rings. The number of hydrogen-bond acceptors (Lipinski definition) is 4. The second-order valence-electron chi connectivity index (χ2n) is 6.69. The third-order valence-corrected chi connectivity index (χ3v) is 4.82. The van der Waals surface area contributed by atoms with Crippen LogP contribution in [0.25, 0.3) is 6.08 Å². The van der Waals surface area contributed by atoms with Gasteiger partial charge in [-0.15, -0.1) is 0 Å².